The summed E-state index contributed by atoms with van der Waals surface area (Å²) in [7, 11) is 0. The minimum atomic E-state index is 0.532. The van der Waals surface area contributed by atoms with Crippen molar-refractivity contribution >= 4 is 27.6 Å². The first-order valence-electron chi connectivity index (χ1n) is 13.4. The largest absolute Gasteiger partial charge is 0.358 e. The number of pyridine rings is 3. The standard InChI is InChI=1S/C31H28N8/c1-19(20-6-3-2-4-7-20)35-24-14-23(17-33-18-24)21-9-10-26-25(15-21)29(39-38-26)31-36-27-11-13-34-28(30(27)37-31)22-8-5-12-32-16-22/h5,8-18,20,35H,1-4,6-7H2,(H,36,37)(H,38,39). The molecule has 0 amide bonds. The van der Waals surface area contributed by atoms with E-state index < -0.39 is 0 Å². The van der Waals surface area contributed by atoms with Crippen LogP contribution in [0.3, 0.4) is 0 Å². The van der Waals surface area contributed by atoms with Crippen LogP contribution in [-0.2, 0) is 0 Å². The Morgan fingerprint density at radius 3 is 2.62 bits per heavy atom. The van der Waals surface area contributed by atoms with Crippen molar-refractivity contribution in [2.75, 3.05) is 5.32 Å². The quantitative estimate of drug-likeness (QED) is 0.219. The summed E-state index contributed by atoms with van der Waals surface area (Å²) in [6, 6.07) is 14.2. The molecule has 6 aromatic rings. The van der Waals surface area contributed by atoms with E-state index in [1.54, 1.807) is 18.6 Å². The molecule has 1 aliphatic carbocycles. The molecule has 8 nitrogen and oxygen atoms in total. The summed E-state index contributed by atoms with van der Waals surface area (Å²) in [6.07, 6.45) is 15.4. The molecule has 5 heterocycles. The Morgan fingerprint density at radius 2 is 1.74 bits per heavy atom. The van der Waals surface area contributed by atoms with Gasteiger partial charge in [-0.3, -0.25) is 20.1 Å². The van der Waals surface area contributed by atoms with Gasteiger partial charge in [-0.15, -0.1) is 0 Å². The molecule has 0 saturated heterocycles. The van der Waals surface area contributed by atoms with Crippen LogP contribution in [0.25, 0.3) is 55.8 Å². The molecule has 0 unspecified atom stereocenters. The molecule has 1 saturated carbocycles. The zero-order valence-corrected chi connectivity index (χ0v) is 21.5. The number of imidazole rings is 1. The topological polar surface area (TPSA) is 108 Å². The lowest BCUT2D eigenvalue weighted by Crippen LogP contribution is -2.14. The lowest BCUT2D eigenvalue weighted by atomic mass is 9.87. The van der Waals surface area contributed by atoms with Gasteiger partial charge in [0.2, 0.25) is 0 Å². The van der Waals surface area contributed by atoms with Crippen molar-refractivity contribution in [2.45, 2.75) is 32.1 Å². The van der Waals surface area contributed by atoms with E-state index in [0.717, 1.165) is 61.4 Å². The number of allylic oxidation sites excluding steroid dienone is 1. The molecule has 39 heavy (non-hydrogen) atoms. The lowest BCUT2D eigenvalue weighted by Gasteiger charge is -2.24. The number of aromatic nitrogens is 7. The van der Waals surface area contributed by atoms with Crippen LogP contribution in [0.1, 0.15) is 32.1 Å². The van der Waals surface area contributed by atoms with E-state index in [2.05, 4.69) is 60.2 Å². The van der Waals surface area contributed by atoms with Gasteiger partial charge in [-0.05, 0) is 60.7 Å². The predicted octanol–water partition coefficient (Wildman–Crippen LogP) is 7.13. The number of hydrogen-bond donors (Lipinski definition) is 3. The van der Waals surface area contributed by atoms with E-state index in [4.69, 9.17) is 4.98 Å². The van der Waals surface area contributed by atoms with Crippen molar-refractivity contribution in [3.63, 3.8) is 0 Å². The van der Waals surface area contributed by atoms with Crippen molar-refractivity contribution in [1.82, 2.24) is 35.1 Å². The number of nitrogens with one attached hydrogen (secondary N) is 3. The highest BCUT2D eigenvalue weighted by Crippen LogP contribution is 2.34. The van der Waals surface area contributed by atoms with Crippen LogP contribution in [0.4, 0.5) is 5.69 Å². The molecule has 7 rings (SSSR count). The monoisotopic (exact) mass is 512 g/mol. The number of hydrogen-bond acceptors (Lipinski definition) is 6. The van der Waals surface area contributed by atoms with E-state index in [-0.39, 0.29) is 0 Å². The molecule has 8 heteroatoms. The summed E-state index contributed by atoms with van der Waals surface area (Å²) in [4.78, 5) is 21.7. The van der Waals surface area contributed by atoms with Crippen molar-refractivity contribution < 1.29 is 0 Å². The third-order valence-electron chi connectivity index (χ3n) is 7.60. The fourth-order valence-electron chi connectivity index (χ4n) is 5.54. The second-order valence-electron chi connectivity index (χ2n) is 10.2. The molecule has 1 fully saturated rings. The minimum Gasteiger partial charge on any atom is -0.358 e. The van der Waals surface area contributed by atoms with Gasteiger partial charge in [-0.1, -0.05) is 31.9 Å². The Labute approximate surface area is 225 Å². The molecule has 1 aliphatic rings. The van der Waals surface area contributed by atoms with Crippen LogP contribution in [0, 0.1) is 5.92 Å². The highest BCUT2D eigenvalue weighted by Gasteiger charge is 2.18. The first-order valence-corrected chi connectivity index (χ1v) is 13.4. The van der Waals surface area contributed by atoms with Gasteiger partial charge in [0.15, 0.2) is 5.82 Å². The highest BCUT2D eigenvalue weighted by molar-refractivity contribution is 5.97. The fraction of sp³-hybridized carbons (Fsp3) is 0.194. The zero-order valence-electron chi connectivity index (χ0n) is 21.5. The fourth-order valence-corrected chi connectivity index (χ4v) is 5.54. The Bertz CT molecular complexity index is 1790. The summed E-state index contributed by atoms with van der Waals surface area (Å²) in [6.45, 7) is 4.33. The van der Waals surface area contributed by atoms with Gasteiger partial charge in [0, 0.05) is 47.0 Å². The zero-order chi connectivity index (χ0) is 26.2. The Kier molecular flexibility index (Phi) is 5.85. The molecule has 5 aromatic heterocycles. The third-order valence-corrected chi connectivity index (χ3v) is 7.60. The second-order valence-corrected chi connectivity index (χ2v) is 10.2. The van der Waals surface area contributed by atoms with Gasteiger partial charge in [0.05, 0.1) is 28.6 Å². The average molecular weight is 513 g/mol. The van der Waals surface area contributed by atoms with Gasteiger partial charge in [0.1, 0.15) is 11.2 Å². The van der Waals surface area contributed by atoms with Crippen LogP contribution in [0.5, 0.6) is 0 Å². The Balaban J connectivity index is 1.23. The number of H-pyrrole nitrogens is 2. The van der Waals surface area contributed by atoms with E-state index in [1.807, 2.05) is 36.7 Å². The second kappa shape index (κ2) is 9.79. The van der Waals surface area contributed by atoms with Crippen LogP contribution in [0.2, 0.25) is 0 Å². The maximum absolute atomic E-state index is 4.91. The van der Waals surface area contributed by atoms with Gasteiger partial charge >= 0.3 is 0 Å². The van der Waals surface area contributed by atoms with Gasteiger partial charge < -0.3 is 10.3 Å². The molecule has 0 atom stereocenters. The molecule has 0 bridgehead atoms. The molecule has 0 aliphatic heterocycles. The van der Waals surface area contributed by atoms with Gasteiger partial charge in [-0.25, -0.2) is 4.98 Å². The van der Waals surface area contributed by atoms with Crippen LogP contribution in [-0.4, -0.2) is 35.1 Å². The average Bonchev–Trinajstić information content (AvgIpc) is 3.62. The summed E-state index contributed by atoms with van der Waals surface area (Å²) in [5.41, 5.74) is 9.21. The molecule has 1 aromatic carbocycles. The molecule has 3 N–H and O–H groups in total. The number of benzene rings is 1. The third kappa shape index (κ3) is 4.44. The molecular weight excluding hydrogens is 484 g/mol. The van der Waals surface area contributed by atoms with Crippen LogP contribution >= 0.6 is 0 Å². The van der Waals surface area contributed by atoms with E-state index in [1.165, 1.54) is 32.1 Å². The SMILES string of the molecule is C=C(Nc1cncc(-c2ccc3[nH]nc(-c4nc5c(-c6cccnc6)nccc5[nH]4)c3c2)c1)C1CCCCC1. The highest BCUT2D eigenvalue weighted by atomic mass is 15.1. The smallest absolute Gasteiger partial charge is 0.159 e. The molecule has 0 radical (unpaired) electrons. The minimum absolute atomic E-state index is 0.532. The maximum Gasteiger partial charge on any atom is 0.159 e. The first-order chi connectivity index (χ1) is 19.2. The summed E-state index contributed by atoms with van der Waals surface area (Å²) < 4.78 is 0. The molecule has 0 spiro atoms. The number of nitrogens with zero attached hydrogens (tertiary/aromatic N) is 5. The number of anilines is 1. The molecular formula is C31H28N8. The predicted molar refractivity (Wildman–Crippen MR) is 155 cm³/mol. The molecule has 192 valence electrons. The number of fused-ring (bicyclic) bond motifs is 2. The van der Waals surface area contributed by atoms with Gasteiger partial charge in [0.25, 0.3) is 0 Å². The number of rotatable bonds is 6. The van der Waals surface area contributed by atoms with Gasteiger partial charge in [-0.2, -0.15) is 5.10 Å². The first kappa shape index (κ1) is 23.3. The lowest BCUT2D eigenvalue weighted by molar-refractivity contribution is 0.405. The Hall–Kier alpha value is -4.85. The summed E-state index contributed by atoms with van der Waals surface area (Å²) in [5, 5.41) is 12.3. The van der Waals surface area contributed by atoms with Crippen LogP contribution < -0.4 is 5.32 Å². The Morgan fingerprint density at radius 1 is 0.846 bits per heavy atom. The van der Waals surface area contributed by atoms with Crippen LogP contribution in [0.15, 0.2) is 85.7 Å². The summed E-state index contributed by atoms with van der Waals surface area (Å²) >= 11 is 0. The van der Waals surface area contributed by atoms with E-state index in [9.17, 15) is 0 Å². The van der Waals surface area contributed by atoms with E-state index >= 15 is 0 Å². The maximum atomic E-state index is 4.91. The van der Waals surface area contributed by atoms with E-state index in [0.29, 0.717) is 11.7 Å². The summed E-state index contributed by atoms with van der Waals surface area (Å²) in [5.74, 6) is 1.22. The van der Waals surface area contributed by atoms with Crippen molar-refractivity contribution in [3.8, 4) is 33.9 Å². The van der Waals surface area contributed by atoms with Crippen molar-refractivity contribution in [2.24, 2.45) is 5.92 Å². The van der Waals surface area contributed by atoms with Crippen molar-refractivity contribution in [3.05, 3.63) is 85.7 Å². The number of aromatic amines is 2. The van der Waals surface area contributed by atoms with Crippen molar-refractivity contribution in [1.29, 1.82) is 0 Å². The normalized spacial score (nSPS) is 14.2.